The molecule has 108 valence electrons. The van der Waals surface area contributed by atoms with E-state index in [1.807, 2.05) is 0 Å². The maximum Gasteiger partial charge on any atom is 0.225 e. The Morgan fingerprint density at radius 2 is 1.74 bits per heavy atom. The predicted octanol–water partition coefficient (Wildman–Crippen LogP) is 0.929. The number of hydrogen-bond acceptors (Lipinski definition) is 3. The molecule has 3 aliphatic rings. The number of carbonyl (C=O) groups excluding carboxylic acids is 1. The molecule has 0 bridgehead atoms. The molecule has 2 heterocycles. The van der Waals surface area contributed by atoms with Crippen LogP contribution in [0.15, 0.2) is 0 Å². The Morgan fingerprint density at radius 1 is 1.11 bits per heavy atom. The van der Waals surface area contributed by atoms with E-state index in [0.717, 1.165) is 45.3 Å². The van der Waals surface area contributed by atoms with Crippen LogP contribution in [-0.2, 0) is 4.79 Å². The number of piperazine rings is 1. The summed E-state index contributed by atoms with van der Waals surface area (Å²) in [5.41, 5.74) is 0. The summed E-state index contributed by atoms with van der Waals surface area (Å²) in [6, 6.07) is 0.811. The average Bonchev–Trinajstić information content (AvgIpc) is 2.90. The van der Waals surface area contributed by atoms with Gasteiger partial charge in [-0.1, -0.05) is 19.8 Å². The SMILES string of the molecule is CC(C(=O)N1CCN(C2CCCC2)CC1)C1CNC1. The summed E-state index contributed by atoms with van der Waals surface area (Å²) >= 11 is 0. The van der Waals surface area contributed by atoms with Crippen molar-refractivity contribution in [2.75, 3.05) is 39.3 Å². The summed E-state index contributed by atoms with van der Waals surface area (Å²) in [5.74, 6) is 1.16. The Morgan fingerprint density at radius 3 is 2.26 bits per heavy atom. The summed E-state index contributed by atoms with van der Waals surface area (Å²) in [6.45, 7) is 8.22. The lowest BCUT2D eigenvalue weighted by Gasteiger charge is -2.41. The van der Waals surface area contributed by atoms with E-state index in [4.69, 9.17) is 0 Å². The molecule has 1 N–H and O–H groups in total. The number of nitrogens with one attached hydrogen (secondary N) is 1. The molecular weight excluding hydrogens is 238 g/mol. The lowest BCUT2D eigenvalue weighted by molar-refractivity contribution is -0.139. The van der Waals surface area contributed by atoms with Crippen molar-refractivity contribution < 1.29 is 4.79 Å². The molecule has 4 heteroatoms. The van der Waals surface area contributed by atoms with Crippen molar-refractivity contribution in [2.24, 2.45) is 11.8 Å². The second-order valence-corrected chi connectivity index (χ2v) is 6.51. The van der Waals surface area contributed by atoms with Gasteiger partial charge in [-0.25, -0.2) is 0 Å². The maximum absolute atomic E-state index is 12.4. The van der Waals surface area contributed by atoms with Crippen LogP contribution >= 0.6 is 0 Å². The van der Waals surface area contributed by atoms with Crippen LogP contribution in [0.5, 0.6) is 0 Å². The van der Waals surface area contributed by atoms with E-state index < -0.39 is 0 Å². The van der Waals surface area contributed by atoms with Crippen LogP contribution in [0.1, 0.15) is 32.6 Å². The zero-order valence-corrected chi connectivity index (χ0v) is 12.1. The summed E-state index contributed by atoms with van der Waals surface area (Å²) in [5, 5.41) is 3.27. The highest BCUT2D eigenvalue weighted by atomic mass is 16.2. The van der Waals surface area contributed by atoms with Gasteiger partial charge in [0.05, 0.1) is 0 Å². The zero-order chi connectivity index (χ0) is 13.2. The minimum absolute atomic E-state index is 0.208. The van der Waals surface area contributed by atoms with E-state index >= 15 is 0 Å². The van der Waals surface area contributed by atoms with Crippen molar-refractivity contribution in [2.45, 2.75) is 38.6 Å². The first-order valence-electron chi connectivity index (χ1n) is 7.99. The molecule has 3 fully saturated rings. The van der Waals surface area contributed by atoms with Gasteiger partial charge in [-0.2, -0.15) is 0 Å². The molecule has 1 atom stereocenters. The van der Waals surface area contributed by atoms with Crippen LogP contribution in [0.25, 0.3) is 0 Å². The van der Waals surface area contributed by atoms with E-state index in [-0.39, 0.29) is 5.92 Å². The van der Waals surface area contributed by atoms with Crippen molar-refractivity contribution in [1.29, 1.82) is 0 Å². The van der Waals surface area contributed by atoms with Crippen molar-refractivity contribution in [3.05, 3.63) is 0 Å². The molecule has 0 aromatic rings. The maximum atomic E-state index is 12.4. The van der Waals surface area contributed by atoms with Crippen LogP contribution in [-0.4, -0.2) is 61.0 Å². The van der Waals surface area contributed by atoms with Gasteiger partial charge >= 0.3 is 0 Å². The van der Waals surface area contributed by atoms with Crippen LogP contribution in [0.2, 0.25) is 0 Å². The highest BCUT2D eigenvalue weighted by Gasteiger charge is 2.34. The average molecular weight is 265 g/mol. The molecule has 4 nitrogen and oxygen atoms in total. The van der Waals surface area contributed by atoms with E-state index in [2.05, 4.69) is 22.0 Å². The fraction of sp³-hybridized carbons (Fsp3) is 0.933. The molecular formula is C15H27N3O. The topological polar surface area (TPSA) is 35.6 Å². The Kier molecular flexibility index (Phi) is 4.08. The minimum atomic E-state index is 0.208. The summed E-state index contributed by atoms with van der Waals surface area (Å²) in [4.78, 5) is 17.2. The highest BCUT2D eigenvalue weighted by Crippen LogP contribution is 2.25. The second kappa shape index (κ2) is 5.80. The minimum Gasteiger partial charge on any atom is -0.340 e. The standard InChI is InChI=1S/C15H27N3O/c1-12(13-10-16-11-13)15(19)18-8-6-17(7-9-18)14-4-2-3-5-14/h12-14,16H,2-11H2,1H3. The number of amides is 1. The van der Waals surface area contributed by atoms with Crippen LogP contribution in [0, 0.1) is 11.8 Å². The van der Waals surface area contributed by atoms with Crippen molar-refractivity contribution >= 4 is 5.91 Å². The van der Waals surface area contributed by atoms with Crippen LogP contribution in [0.3, 0.4) is 0 Å². The van der Waals surface area contributed by atoms with Crippen molar-refractivity contribution in [1.82, 2.24) is 15.1 Å². The molecule has 0 aromatic carbocycles. The first kappa shape index (κ1) is 13.4. The number of carbonyl (C=O) groups is 1. The van der Waals surface area contributed by atoms with Crippen LogP contribution < -0.4 is 5.32 Å². The van der Waals surface area contributed by atoms with Gasteiger partial charge in [0.15, 0.2) is 0 Å². The zero-order valence-electron chi connectivity index (χ0n) is 12.1. The molecule has 1 unspecified atom stereocenters. The van der Waals surface area contributed by atoms with Gasteiger partial charge in [0.2, 0.25) is 5.91 Å². The monoisotopic (exact) mass is 265 g/mol. The van der Waals surface area contributed by atoms with Gasteiger partial charge in [0.25, 0.3) is 0 Å². The summed E-state index contributed by atoms with van der Waals surface area (Å²) < 4.78 is 0. The van der Waals surface area contributed by atoms with Crippen LogP contribution in [0.4, 0.5) is 0 Å². The Hall–Kier alpha value is -0.610. The largest absolute Gasteiger partial charge is 0.340 e. The molecule has 1 saturated carbocycles. The van der Waals surface area contributed by atoms with Gasteiger partial charge < -0.3 is 10.2 Å². The van der Waals surface area contributed by atoms with Gasteiger partial charge in [0.1, 0.15) is 0 Å². The molecule has 1 aliphatic carbocycles. The van der Waals surface area contributed by atoms with E-state index in [1.165, 1.54) is 25.7 Å². The third-order valence-corrected chi connectivity index (χ3v) is 5.38. The summed E-state index contributed by atoms with van der Waals surface area (Å²) in [6.07, 6.45) is 5.54. The number of rotatable bonds is 3. The second-order valence-electron chi connectivity index (χ2n) is 6.51. The molecule has 2 saturated heterocycles. The van der Waals surface area contributed by atoms with E-state index in [9.17, 15) is 4.79 Å². The Balaban J connectivity index is 1.47. The van der Waals surface area contributed by atoms with E-state index in [0.29, 0.717) is 11.8 Å². The summed E-state index contributed by atoms with van der Waals surface area (Å²) in [7, 11) is 0. The van der Waals surface area contributed by atoms with Gasteiger partial charge in [-0.3, -0.25) is 9.69 Å². The molecule has 0 aromatic heterocycles. The highest BCUT2D eigenvalue weighted by molar-refractivity contribution is 5.79. The molecule has 0 radical (unpaired) electrons. The van der Waals surface area contributed by atoms with Crippen molar-refractivity contribution in [3.8, 4) is 0 Å². The molecule has 3 rings (SSSR count). The molecule has 0 spiro atoms. The third kappa shape index (κ3) is 2.79. The fourth-order valence-corrected chi connectivity index (χ4v) is 3.73. The number of hydrogen-bond donors (Lipinski definition) is 1. The molecule has 1 amide bonds. The van der Waals surface area contributed by atoms with Gasteiger partial charge in [0, 0.05) is 38.1 Å². The van der Waals surface area contributed by atoms with E-state index in [1.54, 1.807) is 0 Å². The first-order chi connectivity index (χ1) is 9.25. The molecule has 19 heavy (non-hydrogen) atoms. The lowest BCUT2D eigenvalue weighted by atomic mass is 9.88. The number of nitrogens with zero attached hydrogens (tertiary/aromatic N) is 2. The smallest absolute Gasteiger partial charge is 0.225 e. The normalized spacial score (nSPS) is 28.4. The predicted molar refractivity (Wildman–Crippen MR) is 75.9 cm³/mol. The Labute approximate surface area is 116 Å². The fourth-order valence-electron chi connectivity index (χ4n) is 3.73. The van der Waals surface area contributed by atoms with Gasteiger partial charge in [-0.05, 0) is 31.8 Å². The molecule has 2 aliphatic heterocycles. The quantitative estimate of drug-likeness (QED) is 0.824. The third-order valence-electron chi connectivity index (χ3n) is 5.38. The van der Waals surface area contributed by atoms with Crippen molar-refractivity contribution in [3.63, 3.8) is 0 Å². The lowest BCUT2D eigenvalue weighted by Crippen LogP contribution is -2.55. The Bertz CT molecular complexity index is 315. The first-order valence-corrected chi connectivity index (χ1v) is 7.99. The van der Waals surface area contributed by atoms with Gasteiger partial charge in [-0.15, -0.1) is 0 Å².